The van der Waals surface area contributed by atoms with E-state index in [9.17, 15) is 14.0 Å². The van der Waals surface area contributed by atoms with E-state index in [4.69, 9.17) is 0 Å². The summed E-state index contributed by atoms with van der Waals surface area (Å²) in [5.74, 6) is 0.154. The molecule has 1 N–H and O–H groups in total. The normalized spacial score (nSPS) is 19.3. The molecule has 0 spiro atoms. The third kappa shape index (κ3) is 5.15. The Labute approximate surface area is 165 Å². The highest BCUT2D eigenvalue weighted by Gasteiger charge is 2.32. The van der Waals surface area contributed by atoms with Crippen molar-refractivity contribution in [3.05, 3.63) is 65.7 Å². The first-order valence-corrected chi connectivity index (χ1v) is 9.77. The van der Waals surface area contributed by atoms with E-state index in [1.54, 1.807) is 12.4 Å². The van der Waals surface area contributed by atoms with Gasteiger partial charge in [-0.15, -0.1) is 0 Å². The van der Waals surface area contributed by atoms with Crippen molar-refractivity contribution >= 4 is 11.8 Å². The van der Waals surface area contributed by atoms with Crippen LogP contribution in [0.3, 0.4) is 0 Å². The molecule has 0 saturated carbocycles. The van der Waals surface area contributed by atoms with E-state index in [-0.39, 0.29) is 29.5 Å². The van der Waals surface area contributed by atoms with E-state index >= 15 is 0 Å². The smallest absolute Gasteiger partial charge is 0.253 e. The Bertz CT molecular complexity index is 795. The molecule has 0 unspecified atom stereocenters. The Kier molecular flexibility index (Phi) is 6.74. The molecular weight excluding hydrogens is 357 g/mol. The number of amides is 2. The minimum Gasteiger partial charge on any atom is -0.352 e. The lowest BCUT2D eigenvalue weighted by atomic mass is 9.81. The Morgan fingerprint density at radius 3 is 2.68 bits per heavy atom. The predicted molar refractivity (Wildman–Crippen MR) is 105 cm³/mol. The highest BCUT2D eigenvalue weighted by atomic mass is 19.1. The topological polar surface area (TPSA) is 62.3 Å². The maximum absolute atomic E-state index is 13.1. The number of aromatic nitrogens is 1. The van der Waals surface area contributed by atoms with E-state index in [1.807, 2.05) is 17.0 Å². The zero-order valence-electron chi connectivity index (χ0n) is 16.1. The van der Waals surface area contributed by atoms with Crippen molar-refractivity contribution in [2.45, 2.75) is 32.7 Å². The molecule has 1 saturated heterocycles. The van der Waals surface area contributed by atoms with E-state index < -0.39 is 0 Å². The monoisotopic (exact) mass is 383 g/mol. The van der Waals surface area contributed by atoms with Gasteiger partial charge in [0, 0.05) is 44.0 Å². The van der Waals surface area contributed by atoms with Crippen molar-refractivity contribution in [1.82, 2.24) is 15.2 Å². The molecule has 148 valence electrons. The average molecular weight is 383 g/mol. The van der Waals surface area contributed by atoms with Gasteiger partial charge < -0.3 is 10.2 Å². The molecule has 1 aromatic heterocycles. The number of pyridine rings is 1. The number of hydrogen-bond acceptors (Lipinski definition) is 3. The van der Waals surface area contributed by atoms with Crippen molar-refractivity contribution in [2.24, 2.45) is 11.8 Å². The van der Waals surface area contributed by atoms with Crippen LogP contribution in [0.5, 0.6) is 0 Å². The number of halogens is 1. The van der Waals surface area contributed by atoms with Gasteiger partial charge in [0.1, 0.15) is 5.82 Å². The summed E-state index contributed by atoms with van der Waals surface area (Å²) in [6.07, 6.45) is 5.63. The molecule has 2 aromatic rings. The van der Waals surface area contributed by atoms with Gasteiger partial charge in [0.15, 0.2) is 0 Å². The van der Waals surface area contributed by atoms with Gasteiger partial charge in [0.2, 0.25) is 5.91 Å². The minimum absolute atomic E-state index is 0.0330. The highest BCUT2D eigenvalue weighted by Crippen LogP contribution is 2.29. The standard InChI is InChI=1S/C22H26FN3O2/c1-2-17-15-26(22(28)18-5-7-20(23)8-6-18)11-9-19(17)12-21(27)25-14-16-4-3-10-24-13-16/h3-8,10,13,17,19H,2,9,11-12,14-15H2,1H3,(H,25,27)/t17-,19+/m1/s1. The van der Waals surface area contributed by atoms with Gasteiger partial charge in [0.05, 0.1) is 0 Å². The van der Waals surface area contributed by atoms with Gasteiger partial charge in [-0.1, -0.05) is 19.4 Å². The number of hydrogen-bond donors (Lipinski definition) is 1. The van der Waals surface area contributed by atoms with Crippen LogP contribution in [0.2, 0.25) is 0 Å². The molecule has 6 heteroatoms. The van der Waals surface area contributed by atoms with Gasteiger partial charge in [-0.3, -0.25) is 14.6 Å². The van der Waals surface area contributed by atoms with Crippen molar-refractivity contribution in [3.8, 4) is 0 Å². The molecule has 3 rings (SSSR count). The lowest BCUT2D eigenvalue weighted by molar-refractivity contribution is -0.123. The summed E-state index contributed by atoms with van der Waals surface area (Å²) in [5.41, 5.74) is 1.48. The largest absolute Gasteiger partial charge is 0.352 e. The maximum Gasteiger partial charge on any atom is 0.253 e. The van der Waals surface area contributed by atoms with E-state index in [0.29, 0.717) is 31.6 Å². The van der Waals surface area contributed by atoms with Gasteiger partial charge in [0.25, 0.3) is 5.91 Å². The van der Waals surface area contributed by atoms with Gasteiger partial charge in [-0.2, -0.15) is 0 Å². The first-order chi connectivity index (χ1) is 13.6. The first kappa shape index (κ1) is 20.0. The van der Waals surface area contributed by atoms with Crippen LogP contribution in [-0.2, 0) is 11.3 Å². The number of rotatable bonds is 6. The third-order valence-electron chi connectivity index (χ3n) is 5.45. The molecule has 2 amide bonds. The molecular formula is C22H26FN3O2. The second-order valence-electron chi connectivity index (χ2n) is 7.32. The minimum atomic E-state index is -0.348. The summed E-state index contributed by atoms with van der Waals surface area (Å²) < 4.78 is 13.1. The molecule has 2 atom stereocenters. The average Bonchev–Trinajstić information content (AvgIpc) is 2.73. The molecule has 1 fully saturated rings. The lowest BCUT2D eigenvalue weighted by Crippen LogP contribution is -2.44. The van der Waals surface area contributed by atoms with E-state index in [2.05, 4.69) is 17.2 Å². The molecule has 1 aromatic carbocycles. The van der Waals surface area contributed by atoms with Crippen LogP contribution in [0.1, 0.15) is 42.1 Å². The van der Waals surface area contributed by atoms with Crippen LogP contribution < -0.4 is 5.32 Å². The fourth-order valence-electron chi connectivity index (χ4n) is 3.79. The zero-order valence-corrected chi connectivity index (χ0v) is 16.1. The van der Waals surface area contributed by atoms with Gasteiger partial charge >= 0.3 is 0 Å². The second kappa shape index (κ2) is 9.44. The van der Waals surface area contributed by atoms with Gasteiger partial charge in [-0.05, 0) is 54.2 Å². The second-order valence-corrected chi connectivity index (χ2v) is 7.32. The van der Waals surface area contributed by atoms with Crippen molar-refractivity contribution in [3.63, 3.8) is 0 Å². The molecule has 5 nitrogen and oxygen atoms in total. The Hall–Kier alpha value is -2.76. The van der Waals surface area contributed by atoms with Crippen LogP contribution >= 0.6 is 0 Å². The van der Waals surface area contributed by atoms with Gasteiger partial charge in [-0.25, -0.2) is 4.39 Å². The SMILES string of the molecule is CC[C@@H]1CN(C(=O)c2ccc(F)cc2)CC[C@H]1CC(=O)NCc1cccnc1. The van der Waals surface area contributed by atoms with Crippen LogP contribution in [0.25, 0.3) is 0 Å². The number of piperidine rings is 1. The number of benzene rings is 1. The van der Waals surface area contributed by atoms with E-state index in [0.717, 1.165) is 18.4 Å². The summed E-state index contributed by atoms with van der Waals surface area (Å²) in [7, 11) is 0. The van der Waals surface area contributed by atoms with Crippen LogP contribution in [0, 0.1) is 17.7 Å². The first-order valence-electron chi connectivity index (χ1n) is 9.77. The summed E-state index contributed by atoms with van der Waals surface area (Å²) in [5, 5.41) is 2.96. The Morgan fingerprint density at radius 2 is 2.00 bits per heavy atom. The fraction of sp³-hybridized carbons (Fsp3) is 0.409. The molecule has 1 aliphatic rings. The molecule has 0 aliphatic carbocycles. The number of nitrogens with zero attached hydrogens (tertiary/aromatic N) is 2. The summed E-state index contributed by atoms with van der Waals surface area (Å²) in [6, 6.07) is 9.45. The Morgan fingerprint density at radius 1 is 1.21 bits per heavy atom. The predicted octanol–water partition coefficient (Wildman–Crippen LogP) is 3.42. The lowest BCUT2D eigenvalue weighted by Gasteiger charge is -2.38. The van der Waals surface area contributed by atoms with E-state index in [1.165, 1.54) is 24.3 Å². The van der Waals surface area contributed by atoms with Crippen LogP contribution in [0.4, 0.5) is 4.39 Å². The molecule has 1 aliphatic heterocycles. The third-order valence-corrected chi connectivity index (χ3v) is 5.45. The van der Waals surface area contributed by atoms with Crippen molar-refractivity contribution in [1.29, 1.82) is 0 Å². The molecule has 0 bridgehead atoms. The summed E-state index contributed by atoms with van der Waals surface area (Å²) in [4.78, 5) is 30.9. The van der Waals surface area contributed by atoms with Crippen LogP contribution in [0.15, 0.2) is 48.8 Å². The summed E-state index contributed by atoms with van der Waals surface area (Å²) in [6.45, 7) is 3.82. The number of nitrogens with one attached hydrogen (secondary N) is 1. The number of carbonyl (C=O) groups excluding carboxylic acids is 2. The number of carbonyl (C=O) groups is 2. The molecule has 2 heterocycles. The zero-order chi connectivity index (χ0) is 19.9. The number of likely N-dealkylation sites (tertiary alicyclic amines) is 1. The quantitative estimate of drug-likeness (QED) is 0.831. The maximum atomic E-state index is 13.1. The van der Waals surface area contributed by atoms with Crippen LogP contribution in [-0.4, -0.2) is 34.8 Å². The van der Waals surface area contributed by atoms with Crippen molar-refractivity contribution in [2.75, 3.05) is 13.1 Å². The van der Waals surface area contributed by atoms with Crippen molar-refractivity contribution < 1.29 is 14.0 Å². The fourth-order valence-corrected chi connectivity index (χ4v) is 3.79. The summed E-state index contributed by atoms with van der Waals surface area (Å²) >= 11 is 0. The highest BCUT2D eigenvalue weighted by molar-refractivity contribution is 5.94. The Balaban J connectivity index is 1.53. The molecule has 28 heavy (non-hydrogen) atoms. The molecule has 0 radical (unpaired) electrons.